The summed E-state index contributed by atoms with van der Waals surface area (Å²) in [6, 6.07) is 16.7. The number of nitrogens with one attached hydrogen (secondary N) is 2. The predicted molar refractivity (Wildman–Crippen MR) is 105 cm³/mol. The molecule has 142 valence electrons. The van der Waals surface area contributed by atoms with Gasteiger partial charge in [-0.1, -0.05) is 17.7 Å². The molecule has 0 bridgehead atoms. The number of benzene rings is 2. The number of aromatic nitrogens is 1. The summed E-state index contributed by atoms with van der Waals surface area (Å²) >= 11 is 0. The lowest BCUT2D eigenvalue weighted by Crippen LogP contribution is -2.20. The Morgan fingerprint density at radius 2 is 1.82 bits per heavy atom. The summed E-state index contributed by atoms with van der Waals surface area (Å²) in [5.41, 5.74) is 2.56. The number of hydrogen-bond donors (Lipinski definition) is 2. The normalized spacial score (nSPS) is 11.8. The SMILES string of the molecule is Cc1ccc(OCC(=O)Nc2ccc(Nc3ccc4c(c3)OCO4)nc2)cc1. The van der Waals surface area contributed by atoms with Gasteiger partial charge in [0.1, 0.15) is 11.6 Å². The van der Waals surface area contributed by atoms with E-state index in [4.69, 9.17) is 14.2 Å². The lowest BCUT2D eigenvalue weighted by Gasteiger charge is -2.09. The summed E-state index contributed by atoms with van der Waals surface area (Å²) < 4.78 is 16.1. The summed E-state index contributed by atoms with van der Waals surface area (Å²) in [5.74, 6) is 2.47. The fourth-order valence-corrected chi connectivity index (χ4v) is 2.64. The lowest BCUT2D eigenvalue weighted by molar-refractivity contribution is -0.118. The van der Waals surface area contributed by atoms with Crippen LogP contribution in [0.4, 0.5) is 17.2 Å². The molecule has 4 rings (SSSR count). The fraction of sp³-hybridized carbons (Fsp3) is 0.143. The largest absolute Gasteiger partial charge is 0.484 e. The summed E-state index contributed by atoms with van der Waals surface area (Å²) in [5, 5.41) is 5.94. The molecular weight excluding hydrogens is 358 g/mol. The standard InChI is InChI=1S/C21H19N3O4/c1-14-2-6-17(7-3-14)26-12-21(25)24-16-5-9-20(22-11-16)23-15-4-8-18-19(10-15)28-13-27-18/h2-11H,12-13H2,1H3,(H,22,23)(H,24,25). The number of ether oxygens (including phenoxy) is 3. The van der Waals surface area contributed by atoms with Gasteiger partial charge in [0.25, 0.3) is 5.91 Å². The first-order chi connectivity index (χ1) is 13.7. The van der Waals surface area contributed by atoms with Gasteiger partial charge in [0.05, 0.1) is 11.9 Å². The number of nitrogens with zero attached hydrogens (tertiary/aromatic N) is 1. The highest BCUT2D eigenvalue weighted by atomic mass is 16.7. The number of carbonyl (C=O) groups excluding carboxylic acids is 1. The van der Waals surface area contributed by atoms with Crippen LogP contribution < -0.4 is 24.8 Å². The van der Waals surface area contributed by atoms with E-state index in [2.05, 4.69) is 15.6 Å². The van der Waals surface area contributed by atoms with E-state index in [1.54, 1.807) is 18.3 Å². The number of anilines is 3. The van der Waals surface area contributed by atoms with Gasteiger partial charge in [-0.2, -0.15) is 0 Å². The van der Waals surface area contributed by atoms with E-state index in [-0.39, 0.29) is 19.3 Å². The third-order valence-electron chi connectivity index (χ3n) is 4.08. The molecule has 1 aliphatic heterocycles. The molecule has 0 aliphatic carbocycles. The number of rotatable bonds is 6. The molecular formula is C21H19N3O4. The summed E-state index contributed by atoms with van der Waals surface area (Å²) in [6.07, 6.45) is 1.58. The first-order valence-electron chi connectivity index (χ1n) is 8.78. The van der Waals surface area contributed by atoms with Crippen molar-refractivity contribution < 1.29 is 19.0 Å². The van der Waals surface area contributed by atoms with E-state index >= 15 is 0 Å². The van der Waals surface area contributed by atoms with Gasteiger partial charge in [-0.25, -0.2) is 4.98 Å². The van der Waals surface area contributed by atoms with Crippen molar-refractivity contribution >= 4 is 23.1 Å². The van der Waals surface area contributed by atoms with E-state index in [1.165, 1.54) is 0 Å². The molecule has 0 saturated heterocycles. The second kappa shape index (κ2) is 7.87. The Kier molecular flexibility index (Phi) is 4.97. The van der Waals surface area contributed by atoms with Gasteiger partial charge < -0.3 is 24.8 Å². The number of hydrogen-bond acceptors (Lipinski definition) is 6. The van der Waals surface area contributed by atoms with E-state index in [1.807, 2.05) is 49.4 Å². The molecule has 0 saturated carbocycles. The molecule has 1 amide bonds. The molecule has 1 aliphatic rings. The van der Waals surface area contributed by atoms with E-state index in [0.717, 1.165) is 17.0 Å². The monoisotopic (exact) mass is 377 g/mol. The molecule has 0 spiro atoms. The Labute approximate surface area is 162 Å². The van der Waals surface area contributed by atoms with Crippen molar-refractivity contribution in [1.82, 2.24) is 4.98 Å². The first-order valence-corrected chi connectivity index (χ1v) is 8.78. The average molecular weight is 377 g/mol. The van der Waals surface area contributed by atoms with E-state index in [0.29, 0.717) is 23.0 Å². The van der Waals surface area contributed by atoms with Crippen LogP contribution in [0.3, 0.4) is 0 Å². The molecule has 7 nitrogen and oxygen atoms in total. The van der Waals surface area contributed by atoms with Crippen LogP contribution in [0.1, 0.15) is 5.56 Å². The molecule has 2 aromatic carbocycles. The molecule has 3 aromatic rings. The van der Waals surface area contributed by atoms with Crippen molar-refractivity contribution in [3.63, 3.8) is 0 Å². The van der Waals surface area contributed by atoms with Crippen LogP contribution in [0.25, 0.3) is 0 Å². The molecule has 0 radical (unpaired) electrons. The zero-order valence-electron chi connectivity index (χ0n) is 15.3. The maximum absolute atomic E-state index is 12.0. The fourth-order valence-electron chi connectivity index (χ4n) is 2.64. The Hall–Kier alpha value is -3.74. The third-order valence-corrected chi connectivity index (χ3v) is 4.08. The topological polar surface area (TPSA) is 81.7 Å². The minimum absolute atomic E-state index is 0.0692. The van der Waals surface area contributed by atoms with Gasteiger partial charge in [0.2, 0.25) is 6.79 Å². The molecule has 7 heteroatoms. The molecule has 28 heavy (non-hydrogen) atoms. The van der Waals surface area contributed by atoms with Crippen molar-refractivity contribution in [2.24, 2.45) is 0 Å². The average Bonchev–Trinajstić information content (AvgIpc) is 3.17. The second-order valence-electron chi connectivity index (χ2n) is 6.28. The number of aryl methyl sites for hydroxylation is 1. The van der Waals surface area contributed by atoms with Crippen molar-refractivity contribution in [1.29, 1.82) is 0 Å². The molecule has 0 atom stereocenters. The highest BCUT2D eigenvalue weighted by Crippen LogP contribution is 2.34. The quantitative estimate of drug-likeness (QED) is 0.678. The summed E-state index contributed by atoms with van der Waals surface area (Å²) in [7, 11) is 0. The van der Waals surface area contributed by atoms with Crippen LogP contribution in [-0.4, -0.2) is 24.3 Å². The van der Waals surface area contributed by atoms with Crippen LogP contribution in [0.5, 0.6) is 17.2 Å². The van der Waals surface area contributed by atoms with Gasteiger partial charge in [-0.3, -0.25) is 4.79 Å². The number of amides is 1. The molecule has 1 aromatic heterocycles. The molecule has 0 fully saturated rings. The number of carbonyl (C=O) groups is 1. The maximum Gasteiger partial charge on any atom is 0.262 e. The van der Waals surface area contributed by atoms with Crippen LogP contribution >= 0.6 is 0 Å². The predicted octanol–water partition coefficient (Wildman–Crippen LogP) is 3.88. The summed E-state index contributed by atoms with van der Waals surface area (Å²) in [4.78, 5) is 16.3. The van der Waals surface area contributed by atoms with E-state index in [9.17, 15) is 4.79 Å². The van der Waals surface area contributed by atoms with Gasteiger partial charge in [0, 0.05) is 11.8 Å². The van der Waals surface area contributed by atoms with Crippen molar-refractivity contribution in [3.8, 4) is 17.2 Å². The Morgan fingerprint density at radius 1 is 1.04 bits per heavy atom. The molecule has 2 heterocycles. The zero-order valence-corrected chi connectivity index (χ0v) is 15.3. The van der Waals surface area contributed by atoms with Crippen molar-refractivity contribution in [2.75, 3.05) is 24.0 Å². The van der Waals surface area contributed by atoms with Gasteiger partial charge in [-0.05, 0) is 43.3 Å². The minimum atomic E-state index is -0.251. The minimum Gasteiger partial charge on any atom is -0.484 e. The van der Waals surface area contributed by atoms with Crippen LogP contribution in [-0.2, 0) is 4.79 Å². The van der Waals surface area contributed by atoms with Crippen LogP contribution in [0.2, 0.25) is 0 Å². The number of fused-ring (bicyclic) bond motifs is 1. The lowest BCUT2D eigenvalue weighted by atomic mass is 10.2. The molecule has 0 unspecified atom stereocenters. The highest BCUT2D eigenvalue weighted by molar-refractivity contribution is 5.91. The van der Waals surface area contributed by atoms with E-state index < -0.39 is 0 Å². The van der Waals surface area contributed by atoms with Crippen LogP contribution in [0, 0.1) is 6.92 Å². The summed E-state index contributed by atoms with van der Waals surface area (Å²) in [6.45, 7) is 2.16. The first kappa shape index (κ1) is 17.7. The highest BCUT2D eigenvalue weighted by Gasteiger charge is 2.13. The third kappa shape index (κ3) is 4.32. The van der Waals surface area contributed by atoms with Gasteiger partial charge in [0.15, 0.2) is 18.1 Å². The van der Waals surface area contributed by atoms with Crippen LogP contribution in [0.15, 0.2) is 60.8 Å². The van der Waals surface area contributed by atoms with Gasteiger partial charge >= 0.3 is 0 Å². The van der Waals surface area contributed by atoms with Crippen molar-refractivity contribution in [2.45, 2.75) is 6.92 Å². The second-order valence-corrected chi connectivity index (χ2v) is 6.28. The van der Waals surface area contributed by atoms with Crippen molar-refractivity contribution in [3.05, 3.63) is 66.4 Å². The smallest absolute Gasteiger partial charge is 0.262 e. The Balaban J connectivity index is 1.30. The maximum atomic E-state index is 12.0. The number of pyridine rings is 1. The van der Waals surface area contributed by atoms with Gasteiger partial charge in [-0.15, -0.1) is 0 Å². The Bertz CT molecular complexity index is 972. The molecule has 2 N–H and O–H groups in total. The zero-order chi connectivity index (χ0) is 19.3. The Morgan fingerprint density at radius 3 is 2.61 bits per heavy atom.